The van der Waals surface area contributed by atoms with Crippen LogP contribution in [-0.2, 0) is 11.3 Å². The van der Waals surface area contributed by atoms with E-state index in [-0.39, 0.29) is 0 Å². The van der Waals surface area contributed by atoms with E-state index in [1.54, 1.807) is 0 Å². The SMILES string of the molecule is CC(CC(=O)N(C)CC1CCN(Cc2ccccc2)C1)C1CCNCC1. The van der Waals surface area contributed by atoms with E-state index >= 15 is 0 Å². The summed E-state index contributed by atoms with van der Waals surface area (Å²) in [5, 5.41) is 3.42. The molecule has 0 radical (unpaired) electrons. The Morgan fingerprint density at radius 3 is 2.69 bits per heavy atom. The number of piperidine rings is 1. The van der Waals surface area contributed by atoms with Gasteiger partial charge in [-0.05, 0) is 62.2 Å². The van der Waals surface area contributed by atoms with Crippen molar-refractivity contribution < 1.29 is 4.79 Å². The van der Waals surface area contributed by atoms with E-state index in [0.717, 1.165) is 39.3 Å². The van der Waals surface area contributed by atoms with Gasteiger partial charge in [0.1, 0.15) is 0 Å². The lowest BCUT2D eigenvalue weighted by atomic mass is 9.84. The Hall–Kier alpha value is -1.39. The summed E-state index contributed by atoms with van der Waals surface area (Å²) in [6, 6.07) is 10.7. The van der Waals surface area contributed by atoms with Crippen molar-refractivity contribution in [1.82, 2.24) is 15.1 Å². The highest BCUT2D eigenvalue weighted by Gasteiger charge is 2.27. The summed E-state index contributed by atoms with van der Waals surface area (Å²) in [5.41, 5.74) is 1.38. The third kappa shape index (κ3) is 5.55. The smallest absolute Gasteiger partial charge is 0.222 e. The predicted octanol–water partition coefficient (Wildman–Crippen LogP) is 2.99. The highest BCUT2D eigenvalue weighted by atomic mass is 16.2. The van der Waals surface area contributed by atoms with E-state index in [1.165, 1.54) is 24.8 Å². The first kappa shape index (κ1) is 19.4. The van der Waals surface area contributed by atoms with E-state index in [2.05, 4.69) is 47.5 Å². The first-order chi connectivity index (χ1) is 12.6. The maximum atomic E-state index is 12.7. The molecule has 2 fully saturated rings. The van der Waals surface area contributed by atoms with Crippen molar-refractivity contribution >= 4 is 5.91 Å². The van der Waals surface area contributed by atoms with E-state index in [9.17, 15) is 4.79 Å². The number of nitrogens with zero attached hydrogens (tertiary/aromatic N) is 2. The molecule has 144 valence electrons. The van der Waals surface area contributed by atoms with Crippen molar-refractivity contribution in [3.05, 3.63) is 35.9 Å². The first-order valence-electron chi connectivity index (χ1n) is 10.3. The van der Waals surface area contributed by atoms with Crippen LogP contribution in [-0.4, -0.2) is 55.5 Å². The van der Waals surface area contributed by atoms with Crippen LogP contribution in [0.15, 0.2) is 30.3 Å². The van der Waals surface area contributed by atoms with Crippen LogP contribution >= 0.6 is 0 Å². The van der Waals surface area contributed by atoms with E-state index in [4.69, 9.17) is 0 Å². The molecule has 3 rings (SSSR count). The molecule has 2 aliphatic heterocycles. The van der Waals surface area contributed by atoms with Crippen LogP contribution < -0.4 is 5.32 Å². The lowest BCUT2D eigenvalue weighted by Crippen LogP contribution is -2.36. The van der Waals surface area contributed by atoms with Crippen molar-refractivity contribution in [1.29, 1.82) is 0 Å². The topological polar surface area (TPSA) is 35.6 Å². The molecule has 2 saturated heterocycles. The van der Waals surface area contributed by atoms with Crippen LogP contribution in [0.3, 0.4) is 0 Å². The number of hydrogen-bond donors (Lipinski definition) is 1. The molecule has 0 saturated carbocycles. The van der Waals surface area contributed by atoms with Gasteiger partial charge in [0, 0.05) is 33.1 Å². The standard InChI is InChI=1S/C22H35N3O/c1-18(21-8-11-23-12-9-21)14-22(26)24(2)15-20-10-13-25(17-20)16-19-6-4-3-5-7-19/h3-7,18,20-21,23H,8-17H2,1-2H3. The largest absolute Gasteiger partial charge is 0.345 e. The van der Waals surface area contributed by atoms with Crippen LogP contribution in [0.25, 0.3) is 0 Å². The summed E-state index contributed by atoms with van der Waals surface area (Å²) in [7, 11) is 2.00. The van der Waals surface area contributed by atoms with Crippen LogP contribution in [0.2, 0.25) is 0 Å². The zero-order chi connectivity index (χ0) is 18.4. The number of carbonyl (C=O) groups excluding carboxylic acids is 1. The van der Waals surface area contributed by atoms with Gasteiger partial charge in [-0.25, -0.2) is 0 Å². The average molecular weight is 358 g/mol. The lowest BCUT2D eigenvalue weighted by molar-refractivity contribution is -0.131. The Bertz CT molecular complexity index is 556. The number of likely N-dealkylation sites (tertiary alicyclic amines) is 1. The van der Waals surface area contributed by atoms with E-state index in [0.29, 0.717) is 30.1 Å². The molecule has 0 aromatic heterocycles. The maximum Gasteiger partial charge on any atom is 0.222 e. The summed E-state index contributed by atoms with van der Waals surface area (Å²) in [6.07, 6.45) is 4.35. The van der Waals surface area contributed by atoms with E-state index in [1.807, 2.05) is 11.9 Å². The zero-order valence-electron chi connectivity index (χ0n) is 16.5. The van der Waals surface area contributed by atoms with Crippen LogP contribution in [0.5, 0.6) is 0 Å². The number of nitrogens with one attached hydrogen (secondary N) is 1. The third-order valence-electron chi connectivity index (χ3n) is 6.26. The molecular formula is C22H35N3O. The minimum atomic E-state index is 0.331. The average Bonchev–Trinajstić information content (AvgIpc) is 3.10. The molecule has 2 heterocycles. The summed E-state index contributed by atoms with van der Waals surface area (Å²) in [5.74, 6) is 2.16. The van der Waals surface area contributed by atoms with Crippen molar-refractivity contribution in [2.45, 2.75) is 39.2 Å². The predicted molar refractivity (Wildman–Crippen MR) is 107 cm³/mol. The van der Waals surface area contributed by atoms with Gasteiger partial charge in [0.2, 0.25) is 5.91 Å². The number of carbonyl (C=O) groups is 1. The van der Waals surface area contributed by atoms with E-state index < -0.39 is 0 Å². The molecule has 0 spiro atoms. The van der Waals surface area contributed by atoms with Crippen LogP contribution in [0.1, 0.15) is 38.2 Å². The molecule has 0 aliphatic carbocycles. The Labute approximate surface area is 158 Å². The van der Waals surface area contributed by atoms with Crippen LogP contribution in [0, 0.1) is 17.8 Å². The van der Waals surface area contributed by atoms with Crippen molar-refractivity contribution in [3.63, 3.8) is 0 Å². The fourth-order valence-electron chi connectivity index (χ4n) is 4.55. The Kier molecular flexibility index (Phi) is 7.09. The molecule has 1 aromatic carbocycles. The summed E-state index contributed by atoms with van der Waals surface area (Å²) in [6.45, 7) is 8.67. The van der Waals surface area contributed by atoms with Crippen molar-refractivity contribution in [2.24, 2.45) is 17.8 Å². The second kappa shape index (κ2) is 9.52. The highest BCUT2D eigenvalue weighted by molar-refractivity contribution is 5.76. The molecule has 1 aromatic rings. The van der Waals surface area contributed by atoms with Gasteiger partial charge in [-0.2, -0.15) is 0 Å². The molecule has 2 atom stereocenters. The molecule has 1 N–H and O–H groups in total. The van der Waals surface area contributed by atoms with Crippen molar-refractivity contribution in [3.8, 4) is 0 Å². The molecule has 2 unspecified atom stereocenters. The van der Waals surface area contributed by atoms with Gasteiger partial charge in [-0.15, -0.1) is 0 Å². The van der Waals surface area contributed by atoms with Crippen LogP contribution in [0.4, 0.5) is 0 Å². The normalized spacial score (nSPS) is 23.1. The number of hydrogen-bond acceptors (Lipinski definition) is 3. The second-order valence-corrected chi connectivity index (χ2v) is 8.42. The Morgan fingerprint density at radius 1 is 1.23 bits per heavy atom. The maximum absolute atomic E-state index is 12.7. The van der Waals surface area contributed by atoms with Crippen molar-refractivity contribution in [2.75, 3.05) is 39.8 Å². The van der Waals surface area contributed by atoms with Gasteiger partial charge >= 0.3 is 0 Å². The minimum absolute atomic E-state index is 0.331. The van der Waals surface area contributed by atoms with Gasteiger partial charge in [0.25, 0.3) is 0 Å². The fraction of sp³-hybridized carbons (Fsp3) is 0.682. The van der Waals surface area contributed by atoms with Gasteiger partial charge in [0.05, 0.1) is 0 Å². The molecule has 0 bridgehead atoms. The first-order valence-corrected chi connectivity index (χ1v) is 10.3. The summed E-state index contributed by atoms with van der Waals surface area (Å²) in [4.78, 5) is 17.2. The molecular weight excluding hydrogens is 322 g/mol. The monoisotopic (exact) mass is 357 g/mol. The molecule has 4 heteroatoms. The Balaban J connectivity index is 1.40. The number of amides is 1. The molecule has 1 amide bonds. The summed E-state index contributed by atoms with van der Waals surface area (Å²) < 4.78 is 0. The molecule has 26 heavy (non-hydrogen) atoms. The Morgan fingerprint density at radius 2 is 1.96 bits per heavy atom. The fourth-order valence-corrected chi connectivity index (χ4v) is 4.55. The number of benzene rings is 1. The zero-order valence-corrected chi connectivity index (χ0v) is 16.5. The molecule has 4 nitrogen and oxygen atoms in total. The van der Waals surface area contributed by atoms with Gasteiger partial charge in [0.15, 0.2) is 0 Å². The molecule has 2 aliphatic rings. The van der Waals surface area contributed by atoms with Gasteiger partial charge < -0.3 is 10.2 Å². The van der Waals surface area contributed by atoms with Gasteiger partial charge in [-0.1, -0.05) is 37.3 Å². The third-order valence-corrected chi connectivity index (χ3v) is 6.26. The lowest BCUT2D eigenvalue weighted by Gasteiger charge is -2.29. The number of rotatable bonds is 7. The van der Waals surface area contributed by atoms with Gasteiger partial charge in [-0.3, -0.25) is 9.69 Å². The minimum Gasteiger partial charge on any atom is -0.345 e. The second-order valence-electron chi connectivity index (χ2n) is 8.42. The highest BCUT2D eigenvalue weighted by Crippen LogP contribution is 2.25. The quantitative estimate of drug-likeness (QED) is 0.815. The summed E-state index contributed by atoms with van der Waals surface area (Å²) >= 11 is 0.